The number of amides is 1. The number of aromatic nitrogens is 2. The van der Waals surface area contributed by atoms with Gasteiger partial charge in [-0.15, -0.1) is 10.2 Å². The lowest BCUT2D eigenvalue weighted by Crippen LogP contribution is -2.28. The van der Waals surface area contributed by atoms with Crippen molar-refractivity contribution >= 4 is 22.9 Å². The molecule has 1 aliphatic rings. The Bertz CT molecular complexity index is 622. The smallest absolute Gasteiger partial charge is 0.286 e. The summed E-state index contributed by atoms with van der Waals surface area (Å²) in [5.74, 6) is -0.311. The summed E-state index contributed by atoms with van der Waals surface area (Å²) >= 11 is 1.32. The van der Waals surface area contributed by atoms with Crippen LogP contribution in [0.4, 0.5) is 10.1 Å². The lowest BCUT2D eigenvalue weighted by molar-refractivity contribution is 0.102. The molecule has 2 heterocycles. The van der Waals surface area contributed by atoms with Gasteiger partial charge in [0.1, 0.15) is 10.8 Å². The number of halogens is 1. The molecule has 5 nitrogen and oxygen atoms in total. The largest absolute Gasteiger partial charge is 0.320 e. The average Bonchev–Trinajstić information content (AvgIpc) is 3.00. The number of carbonyl (C=O) groups excluding carboxylic acids is 1. The maximum atomic E-state index is 12.8. The number of anilines is 1. The normalized spacial score (nSPS) is 18.4. The zero-order valence-corrected chi connectivity index (χ0v) is 12.1. The molecular weight excluding hydrogens is 291 g/mol. The van der Waals surface area contributed by atoms with Crippen molar-refractivity contribution in [3.05, 3.63) is 40.1 Å². The van der Waals surface area contributed by atoms with Gasteiger partial charge in [-0.25, -0.2) is 4.39 Å². The first-order valence-corrected chi connectivity index (χ1v) is 7.65. The summed E-state index contributed by atoms with van der Waals surface area (Å²) in [4.78, 5) is 12.1. The van der Waals surface area contributed by atoms with Crippen LogP contribution in [0.3, 0.4) is 0 Å². The maximum Gasteiger partial charge on any atom is 0.286 e. The minimum atomic E-state index is -0.337. The third-order valence-electron chi connectivity index (χ3n) is 3.38. The first-order chi connectivity index (χ1) is 10.2. The lowest BCUT2D eigenvalue weighted by atomic mass is 10.0. The Balaban J connectivity index is 1.67. The summed E-state index contributed by atoms with van der Waals surface area (Å²) in [6.07, 6.45) is 2.18. The molecule has 21 heavy (non-hydrogen) atoms. The molecule has 1 atom stereocenters. The first kappa shape index (κ1) is 14.1. The van der Waals surface area contributed by atoms with Gasteiger partial charge in [-0.1, -0.05) is 11.3 Å². The third kappa shape index (κ3) is 3.43. The van der Waals surface area contributed by atoms with Gasteiger partial charge in [-0.3, -0.25) is 4.79 Å². The number of rotatable bonds is 3. The molecule has 0 aliphatic carbocycles. The summed E-state index contributed by atoms with van der Waals surface area (Å²) in [6.45, 7) is 1.92. The van der Waals surface area contributed by atoms with Crippen LogP contribution >= 0.6 is 11.3 Å². The van der Waals surface area contributed by atoms with Crippen molar-refractivity contribution < 1.29 is 9.18 Å². The van der Waals surface area contributed by atoms with Crippen LogP contribution in [0.2, 0.25) is 0 Å². The van der Waals surface area contributed by atoms with Gasteiger partial charge in [0.15, 0.2) is 0 Å². The van der Waals surface area contributed by atoms with Gasteiger partial charge in [0.2, 0.25) is 5.01 Å². The molecule has 0 radical (unpaired) electrons. The van der Waals surface area contributed by atoms with Crippen molar-refractivity contribution in [2.45, 2.75) is 18.8 Å². The molecule has 0 bridgehead atoms. The van der Waals surface area contributed by atoms with Gasteiger partial charge < -0.3 is 10.6 Å². The van der Waals surface area contributed by atoms with E-state index in [4.69, 9.17) is 0 Å². The van der Waals surface area contributed by atoms with E-state index in [1.165, 1.54) is 35.6 Å². The molecule has 0 spiro atoms. The molecule has 3 rings (SSSR count). The molecule has 110 valence electrons. The van der Waals surface area contributed by atoms with Crippen LogP contribution < -0.4 is 10.6 Å². The van der Waals surface area contributed by atoms with Crippen molar-refractivity contribution in [2.24, 2.45) is 0 Å². The van der Waals surface area contributed by atoms with Crippen LogP contribution in [0, 0.1) is 5.82 Å². The van der Waals surface area contributed by atoms with E-state index in [2.05, 4.69) is 20.8 Å². The average molecular weight is 306 g/mol. The van der Waals surface area contributed by atoms with Crippen LogP contribution in [0.5, 0.6) is 0 Å². The van der Waals surface area contributed by atoms with E-state index >= 15 is 0 Å². The molecule has 0 saturated carbocycles. The third-order valence-corrected chi connectivity index (χ3v) is 4.47. The number of benzene rings is 1. The van der Waals surface area contributed by atoms with Gasteiger partial charge >= 0.3 is 0 Å². The second kappa shape index (κ2) is 6.28. The van der Waals surface area contributed by atoms with Crippen molar-refractivity contribution in [1.82, 2.24) is 15.5 Å². The van der Waals surface area contributed by atoms with E-state index in [-0.39, 0.29) is 11.7 Å². The first-order valence-electron chi connectivity index (χ1n) is 6.83. The second-order valence-corrected chi connectivity index (χ2v) is 5.96. The number of nitrogens with one attached hydrogen (secondary N) is 2. The highest BCUT2D eigenvalue weighted by atomic mass is 32.1. The molecule has 2 N–H and O–H groups in total. The predicted molar refractivity (Wildman–Crippen MR) is 79.1 cm³/mol. The Hall–Kier alpha value is -1.86. The van der Waals surface area contributed by atoms with Gasteiger partial charge in [0.25, 0.3) is 5.91 Å². The molecule has 1 aromatic heterocycles. The minimum absolute atomic E-state index is 0.311. The van der Waals surface area contributed by atoms with Crippen LogP contribution in [-0.2, 0) is 0 Å². The SMILES string of the molecule is O=C(Nc1ccc(F)cc1)c1nnc([C@@H]2CCCNC2)s1. The van der Waals surface area contributed by atoms with E-state index < -0.39 is 0 Å². The van der Waals surface area contributed by atoms with Crippen molar-refractivity contribution in [2.75, 3.05) is 18.4 Å². The molecular formula is C14H15FN4OS. The van der Waals surface area contributed by atoms with Gasteiger partial charge in [0.05, 0.1) is 0 Å². The fourth-order valence-electron chi connectivity index (χ4n) is 2.27. The Labute approximate surface area is 125 Å². The molecule has 0 unspecified atom stereocenters. The fraction of sp³-hybridized carbons (Fsp3) is 0.357. The summed E-state index contributed by atoms with van der Waals surface area (Å²) in [7, 11) is 0. The van der Waals surface area contributed by atoms with Crippen molar-refractivity contribution in [3.8, 4) is 0 Å². The number of hydrogen-bond donors (Lipinski definition) is 2. The number of piperidine rings is 1. The summed E-state index contributed by atoms with van der Waals surface area (Å²) in [5, 5.41) is 15.3. The van der Waals surface area contributed by atoms with Crippen LogP contribution in [0.25, 0.3) is 0 Å². The Morgan fingerprint density at radius 3 is 2.86 bits per heavy atom. The summed E-state index contributed by atoms with van der Waals surface area (Å²) < 4.78 is 12.8. The highest BCUT2D eigenvalue weighted by Crippen LogP contribution is 2.26. The standard InChI is InChI=1S/C14H15FN4OS/c15-10-3-5-11(6-4-10)17-12(20)14-19-18-13(21-14)9-2-1-7-16-8-9/h3-6,9,16H,1-2,7-8H2,(H,17,20)/t9-/m1/s1. The zero-order chi connectivity index (χ0) is 14.7. The molecule has 1 aromatic carbocycles. The minimum Gasteiger partial charge on any atom is -0.320 e. The fourth-order valence-corrected chi connectivity index (χ4v) is 3.14. The molecule has 2 aromatic rings. The Morgan fingerprint density at radius 1 is 1.33 bits per heavy atom. The van der Waals surface area contributed by atoms with Crippen LogP contribution in [0.1, 0.15) is 33.6 Å². The topological polar surface area (TPSA) is 66.9 Å². The zero-order valence-electron chi connectivity index (χ0n) is 11.3. The van der Waals surface area contributed by atoms with E-state index in [0.29, 0.717) is 16.6 Å². The van der Waals surface area contributed by atoms with Gasteiger partial charge in [-0.2, -0.15) is 0 Å². The van der Waals surface area contributed by atoms with E-state index in [9.17, 15) is 9.18 Å². The molecule has 1 saturated heterocycles. The Morgan fingerprint density at radius 2 is 2.14 bits per heavy atom. The summed E-state index contributed by atoms with van der Waals surface area (Å²) in [5.41, 5.74) is 0.539. The maximum absolute atomic E-state index is 12.8. The lowest BCUT2D eigenvalue weighted by Gasteiger charge is -2.19. The predicted octanol–water partition coefficient (Wildman–Crippen LogP) is 2.40. The highest BCUT2D eigenvalue weighted by molar-refractivity contribution is 7.13. The molecule has 1 fully saturated rings. The molecule has 1 aliphatic heterocycles. The van der Waals surface area contributed by atoms with Gasteiger partial charge in [-0.05, 0) is 43.7 Å². The van der Waals surface area contributed by atoms with Crippen molar-refractivity contribution in [3.63, 3.8) is 0 Å². The van der Waals surface area contributed by atoms with E-state index in [0.717, 1.165) is 30.9 Å². The highest BCUT2D eigenvalue weighted by Gasteiger charge is 2.21. The van der Waals surface area contributed by atoms with E-state index in [1.807, 2.05) is 0 Å². The quantitative estimate of drug-likeness (QED) is 0.914. The number of carbonyl (C=O) groups is 1. The van der Waals surface area contributed by atoms with Crippen LogP contribution in [0.15, 0.2) is 24.3 Å². The number of hydrogen-bond acceptors (Lipinski definition) is 5. The molecule has 1 amide bonds. The van der Waals surface area contributed by atoms with Crippen molar-refractivity contribution in [1.29, 1.82) is 0 Å². The Kier molecular flexibility index (Phi) is 4.21. The summed E-state index contributed by atoms with van der Waals surface area (Å²) in [6, 6.07) is 5.63. The van der Waals surface area contributed by atoms with E-state index in [1.54, 1.807) is 0 Å². The molecule has 7 heteroatoms. The van der Waals surface area contributed by atoms with Gasteiger partial charge in [0, 0.05) is 18.2 Å². The second-order valence-electron chi connectivity index (χ2n) is 4.95. The monoisotopic (exact) mass is 306 g/mol. The number of nitrogens with zero attached hydrogens (tertiary/aromatic N) is 2. The van der Waals surface area contributed by atoms with Crippen LogP contribution in [-0.4, -0.2) is 29.2 Å².